The second kappa shape index (κ2) is 3.46. The van der Waals surface area contributed by atoms with Crippen molar-refractivity contribution in [3.05, 3.63) is 0 Å². The van der Waals surface area contributed by atoms with Gasteiger partial charge in [-0.2, -0.15) is 0 Å². The molecule has 2 rings (SSSR count). The summed E-state index contributed by atoms with van der Waals surface area (Å²) in [4.78, 5) is 11.4. The normalized spacial score (nSPS) is 36.5. The van der Waals surface area contributed by atoms with Crippen molar-refractivity contribution >= 4 is 17.5 Å². The van der Waals surface area contributed by atoms with Gasteiger partial charge in [0.1, 0.15) is 0 Å². The Labute approximate surface area is 83.2 Å². The predicted octanol–water partition coefficient (Wildman–Crippen LogP) is 0.483. The van der Waals surface area contributed by atoms with Crippen LogP contribution in [0.1, 0.15) is 19.3 Å². The van der Waals surface area contributed by atoms with Gasteiger partial charge in [-0.05, 0) is 18.8 Å². The Balaban J connectivity index is 1.89. The standard InChI is InChI=1S/C9H15ClN2O/c10-4-2-8(13)12-9-3-1-7(9)5-11-6-9/h7,11H,1-6H2,(H,12,13). The molecular weight excluding hydrogens is 188 g/mol. The van der Waals surface area contributed by atoms with E-state index in [-0.39, 0.29) is 11.4 Å². The van der Waals surface area contributed by atoms with Gasteiger partial charge >= 0.3 is 0 Å². The third-order valence-electron chi connectivity index (χ3n) is 3.26. The first-order valence-electron chi connectivity index (χ1n) is 4.84. The van der Waals surface area contributed by atoms with Crippen LogP contribution >= 0.6 is 11.6 Å². The Kier molecular flexibility index (Phi) is 2.47. The average molecular weight is 203 g/mol. The van der Waals surface area contributed by atoms with Gasteiger partial charge in [0, 0.05) is 25.4 Å². The first kappa shape index (κ1) is 9.28. The highest BCUT2D eigenvalue weighted by atomic mass is 35.5. The van der Waals surface area contributed by atoms with Crippen LogP contribution in [0, 0.1) is 5.92 Å². The van der Waals surface area contributed by atoms with E-state index in [2.05, 4.69) is 10.6 Å². The summed E-state index contributed by atoms with van der Waals surface area (Å²) in [7, 11) is 0. The molecule has 74 valence electrons. The molecule has 2 N–H and O–H groups in total. The topological polar surface area (TPSA) is 41.1 Å². The number of hydrogen-bond acceptors (Lipinski definition) is 2. The zero-order valence-corrected chi connectivity index (χ0v) is 8.36. The van der Waals surface area contributed by atoms with Gasteiger partial charge in [-0.1, -0.05) is 0 Å². The van der Waals surface area contributed by atoms with E-state index >= 15 is 0 Å². The molecule has 2 aliphatic rings. The summed E-state index contributed by atoms with van der Waals surface area (Å²) in [5.41, 5.74) is 0.0865. The van der Waals surface area contributed by atoms with Crippen molar-refractivity contribution in [1.29, 1.82) is 0 Å². The van der Waals surface area contributed by atoms with Crippen LogP contribution in [-0.2, 0) is 4.79 Å². The number of carbonyl (C=O) groups excluding carboxylic acids is 1. The minimum atomic E-state index is 0.0865. The van der Waals surface area contributed by atoms with Gasteiger partial charge in [-0.25, -0.2) is 0 Å². The lowest BCUT2D eigenvalue weighted by Crippen LogP contribution is -2.60. The van der Waals surface area contributed by atoms with E-state index in [0.717, 1.165) is 19.5 Å². The summed E-state index contributed by atoms with van der Waals surface area (Å²) in [6.45, 7) is 1.99. The highest BCUT2D eigenvalue weighted by Crippen LogP contribution is 2.40. The number of rotatable bonds is 3. The third-order valence-corrected chi connectivity index (χ3v) is 3.45. The van der Waals surface area contributed by atoms with Crippen LogP contribution in [0.4, 0.5) is 0 Å². The molecule has 1 aliphatic heterocycles. The highest BCUT2D eigenvalue weighted by molar-refractivity contribution is 6.18. The molecule has 1 saturated heterocycles. The smallest absolute Gasteiger partial charge is 0.221 e. The quantitative estimate of drug-likeness (QED) is 0.654. The maximum absolute atomic E-state index is 11.4. The molecule has 0 radical (unpaired) electrons. The van der Waals surface area contributed by atoms with Crippen molar-refractivity contribution in [2.24, 2.45) is 5.92 Å². The SMILES string of the molecule is O=C(CCCl)NC12CCC1CNC2. The summed E-state index contributed by atoms with van der Waals surface area (Å²) in [6.07, 6.45) is 2.81. The van der Waals surface area contributed by atoms with Crippen LogP contribution in [-0.4, -0.2) is 30.4 Å². The molecule has 2 fully saturated rings. The zero-order valence-electron chi connectivity index (χ0n) is 7.61. The fourth-order valence-corrected chi connectivity index (χ4v) is 2.50. The molecule has 0 aromatic rings. The second-order valence-corrected chi connectivity index (χ2v) is 4.39. The Bertz CT molecular complexity index is 222. The lowest BCUT2D eigenvalue weighted by Gasteiger charge is -2.44. The van der Waals surface area contributed by atoms with Crippen LogP contribution in [0.2, 0.25) is 0 Å². The predicted molar refractivity (Wildman–Crippen MR) is 51.8 cm³/mol. The number of alkyl halides is 1. The van der Waals surface area contributed by atoms with Crippen LogP contribution in [0.5, 0.6) is 0 Å². The molecule has 4 heteroatoms. The molecular formula is C9H15ClN2O. The lowest BCUT2D eigenvalue weighted by atomic mass is 9.69. The van der Waals surface area contributed by atoms with Crippen LogP contribution in [0.15, 0.2) is 0 Å². The highest BCUT2D eigenvalue weighted by Gasteiger charge is 2.50. The van der Waals surface area contributed by atoms with E-state index in [1.807, 2.05) is 0 Å². The molecule has 1 saturated carbocycles. The van der Waals surface area contributed by atoms with Gasteiger partial charge in [0.25, 0.3) is 0 Å². The van der Waals surface area contributed by atoms with Crippen molar-refractivity contribution in [3.63, 3.8) is 0 Å². The first-order chi connectivity index (χ1) is 6.27. The second-order valence-electron chi connectivity index (χ2n) is 4.01. The summed E-state index contributed by atoms with van der Waals surface area (Å²) in [5.74, 6) is 1.18. The number of halogens is 1. The number of nitrogens with one attached hydrogen (secondary N) is 2. The maximum atomic E-state index is 11.4. The van der Waals surface area contributed by atoms with E-state index in [0.29, 0.717) is 18.2 Å². The molecule has 0 spiro atoms. The number of amides is 1. The van der Waals surface area contributed by atoms with Crippen LogP contribution in [0.3, 0.4) is 0 Å². The molecule has 0 aromatic heterocycles. The third kappa shape index (κ3) is 1.55. The molecule has 0 bridgehead atoms. The van der Waals surface area contributed by atoms with Crippen molar-refractivity contribution < 1.29 is 4.79 Å². The molecule has 2 atom stereocenters. The summed E-state index contributed by atoms with van der Waals surface area (Å²) >= 11 is 5.51. The fourth-order valence-electron chi connectivity index (χ4n) is 2.33. The lowest BCUT2D eigenvalue weighted by molar-refractivity contribution is -0.124. The minimum absolute atomic E-state index is 0.0865. The molecule has 1 amide bonds. The summed E-state index contributed by atoms with van der Waals surface area (Å²) in [5, 5.41) is 6.43. The zero-order chi connectivity index (χ0) is 9.31. The van der Waals surface area contributed by atoms with E-state index in [1.165, 1.54) is 6.42 Å². The van der Waals surface area contributed by atoms with E-state index < -0.39 is 0 Å². The monoisotopic (exact) mass is 202 g/mol. The summed E-state index contributed by atoms with van der Waals surface area (Å²) in [6, 6.07) is 0. The van der Waals surface area contributed by atoms with E-state index in [4.69, 9.17) is 11.6 Å². The van der Waals surface area contributed by atoms with Crippen molar-refractivity contribution in [2.45, 2.75) is 24.8 Å². The Morgan fingerprint density at radius 1 is 1.69 bits per heavy atom. The molecule has 13 heavy (non-hydrogen) atoms. The Morgan fingerprint density at radius 3 is 3.08 bits per heavy atom. The Hall–Kier alpha value is -0.280. The van der Waals surface area contributed by atoms with Gasteiger partial charge in [-0.3, -0.25) is 4.79 Å². The number of fused-ring (bicyclic) bond motifs is 1. The maximum Gasteiger partial charge on any atom is 0.221 e. The summed E-state index contributed by atoms with van der Waals surface area (Å²) < 4.78 is 0. The van der Waals surface area contributed by atoms with Gasteiger partial charge in [0.2, 0.25) is 5.91 Å². The molecule has 1 aliphatic carbocycles. The molecule has 1 heterocycles. The van der Waals surface area contributed by atoms with E-state index in [9.17, 15) is 4.79 Å². The fraction of sp³-hybridized carbons (Fsp3) is 0.889. The first-order valence-corrected chi connectivity index (χ1v) is 5.38. The molecule has 2 unspecified atom stereocenters. The van der Waals surface area contributed by atoms with Crippen molar-refractivity contribution in [3.8, 4) is 0 Å². The van der Waals surface area contributed by atoms with Crippen LogP contribution in [0.25, 0.3) is 0 Å². The van der Waals surface area contributed by atoms with Gasteiger partial charge < -0.3 is 10.6 Å². The van der Waals surface area contributed by atoms with Gasteiger partial charge in [-0.15, -0.1) is 11.6 Å². The minimum Gasteiger partial charge on any atom is -0.349 e. The molecule has 0 aromatic carbocycles. The average Bonchev–Trinajstić information content (AvgIpc) is 2.32. The van der Waals surface area contributed by atoms with Crippen molar-refractivity contribution in [1.82, 2.24) is 10.6 Å². The Morgan fingerprint density at radius 2 is 2.54 bits per heavy atom. The van der Waals surface area contributed by atoms with Gasteiger partial charge in [0.05, 0.1) is 5.54 Å². The van der Waals surface area contributed by atoms with E-state index in [1.54, 1.807) is 0 Å². The van der Waals surface area contributed by atoms with Gasteiger partial charge in [0.15, 0.2) is 0 Å². The number of carbonyl (C=O) groups is 1. The van der Waals surface area contributed by atoms with Crippen LogP contribution < -0.4 is 10.6 Å². The largest absolute Gasteiger partial charge is 0.349 e. The van der Waals surface area contributed by atoms with Crippen molar-refractivity contribution in [2.75, 3.05) is 19.0 Å². The molecule has 3 nitrogen and oxygen atoms in total. The number of hydrogen-bond donors (Lipinski definition) is 2.